The van der Waals surface area contributed by atoms with Crippen molar-refractivity contribution in [2.45, 2.75) is 17.9 Å². The molecule has 1 atom stereocenters. The number of hydrogen-bond donors (Lipinski definition) is 0. The van der Waals surface area contributed by atoms with Crippen LogP contribution < -0.4 is 0 Å². The normalized spacial score (nSPS) is 17.6. The second kappa shape index (κ2) is 8.08. The van der Waals surface area contributed by atoms with E-state index in [4.69, 9.17) is 23.2 Å². The molecule has 1 aliphatic heterocycles. The summed E-state index contributed by atoms with van der Waals surface area (Å²) in [5.41, 5.74) is 3.57. The maximum absolute atomic E-state index is 13.7. The highest BCUT2D eigenvalue weighted by Gasteiger charge is 2.44. The number of benzene rings is 3. The summed E-state index contributed by atoms with van der Waals surface area (Å²) in [6, 6.07) is 22.9. The Morgan fingerprint density at radius 2 is 1.50 bits per heavy atom. The van der Waals surface area contributed by atoms with Crippen molar-refractivity contribution in [2.75, 3.05) is 7.05 Å². The van der Waals surface area contributed by atoms with Gasteiger partial charge in [0.25, 0.3) is 10.0 Å². The summed E-state index contributed by atoms with van der Waals surface area (Å²) in [4.78, 5) is 0.142. The Kier molecular flexibility index (Phi) is 5.64. The van der Waals surface area contributed by atoms with Crippen molar-refractivity contribution < 1.29 is 8.42 Å². The van der Waals surface area contributed by atoms with Gasteiger partial charge in [-0.3, -0.25) is 5.01 Å². The quantitative estimate of drug-likeness (QED) is 0.479. The van der Waals surface area contributed by atoms with Gasteiger partial charge in [-0.15, -0.1) is 0 Å². The van der Waals surface area contributed by atoms with Crippen LogP contribution in [-0.4, -0.2) is 24.9 Å². The summed E-state index contributed by atoms with van der Waals surface area (Å²) in [6.07, 6.45) is 0. The van der Waals surface area contributed by atoms with E-state index in [-0.39, 0.29) is 4.90 Å². The van der Waals surface area contributed by atoms with Crippen LogP contribution in [0.25, 0.3) is 5.57 Å². The molecule has 7 heteroatoms. The van der Waals surface area contributed by atoms with E-state index in [2.05, 4.69) is 0 Å². The highest BCUT2D eigenvalue weighted by Crippen LogP contribution is 2.47. The SMILES string of the molecule is CC1=C(c2ccccc2)C(c2ccc(Cl)cc2)N(S(=O)(=O)c2cccc(Cl)c2)N1C. The van der Waals surface area contributed by atoms with E-state index in [1.165, 1.54) is 10.5 Å². The summed E-state index contributed by atoms with van der Waals surface area (Å²) >= 11 is 12.2. The fourth-order valence-electron chi connectivity index (χ4n) is 3.76. The lowest BCUT2D eigenvalue weighted by atomic mass is 9.93. The van der Waals surface area contributed by atoms with Gasteiger partial charge in [0.05, 0.1) is 10.9 Å². The van der Waals surface area contributed by atoms with Gasteiger partial charge in [0.15, 0.2) is 0 Å². The number of hydrazine groups is 1. The van der Waals surface area contributed by atoms with Crippen LogP contribution in [0.2, 0.25) is 10.0 Å². The van der Waals surface area contributed by atoms with E-state index in [0.29, 0.717) is 10.0 Å². The van der Waals surface area contributed by atoms with Gasteiger partial charge in [0, 0.05) is 28.4 Å². The highest BCUT2D eigenvalue weighted by atomic mass is 35.5. The maximum Gasteiger partial charge on any atom is 0.260 e. The third-order valence-corrected chi connectivity index (χ3v) is 7.56. The summed E-state index contributed by atoms with van der Waals surface area (Å²) in [7, 11) is -2.13. The van der Waals surface area contributed by atoms with Crippen LogP contribution in [0.4, 0.5) is 0 Å². The molecule has 0 saturated carbocycles. The molecule has 3 aromatic carbocycles. The predicted molar refractivity (Wildman–Crippen MR) is 121 cm³/mol. The van der Waals surface area contributed by atoms with Gasteiger partial charge in [0.1, 0.15) is 0 Å². The molecule has 30 heavy (non-hydrogen) atoms. The van der Waals surface area contributed by atoms with Crippen molar-refractivity contribution in [3.8, 4) is 0 Å². The maximum atomic E-state index is 13.7. The Morgan fingerprint density at radius 3 is 2.13 bits per heavy atom. The smallest absolute Gasteiger partial charge is 0.260 e. The summed E-state index contributed by atoms with van der Waals surface area (Å²) in [6.45, 7) is 1.93. The van der Waals surface area contributed by atoms with Crippen LogP contribution in [0.5, 0.6) is 0 Å². The molecule has 0 N–H and O–H groups in total. The van der Waals surface area contributed by atoms with E-state index in [0.717, 1.165) is 22.4 Å². The molecule has 0 saturated heterocycles. The van der Waals surface area contributed by atoms with Crippen LogP contribution in [0.1, 0.15) is 24.1 Å². The predicted octanol–water partition coefficient (Wildman–Crippen LogP) is 6.02. The van der Waals surface area contributed by atoms with Crippen LogP contribution in [0.3, 0.4) is 0 Å². The molecule has 3 aromatic rings. The van der Waals surface area contributed by atoms with Gasteiger partial charge < -0.3 is 0 Å². The molecule has 0 radical (unpaired) electrons. The van der Waals surface area contributed by atoms with Crippen LogP contribution in [0.15, 0.2) is 89.5 Å². The average Bonchev–Trinajstić information content (AvgIpc) is 3.01. The molecule has 154 valence electrons. The van der Waals surface area contributed by atoms with Gasteiger partial charge in [-0.1, -0.05) is 76.1 Å². The van der Waals surface area contributed by atoms with Crippen molar-refractivity contribution in [3.05, 3.63) is 106 Å². The largest absolute Gasteiger partial charge is 0.298 e. The van der Waals surface area contributed by atoms with Crippen molar-refractivity contribution >= 4 is 38.8 Å². The van der Waals surface area contributed by atoms with Crippen LogP contribution in [-0.2, 0) is 10.0 Å². The Balaban J connectivity index is 1.93. The van der Waals surface area contributed by atoms with Crippen molar-refractivity contribution in [1.29, 1.82) is 0 Å². The number of hydrogen-bond acceptors (Lipinski definition) is 3. The lowest BCUT2D eigenvalue weighted by Crippen LogP contribution is -2.41. The number of allylic oxidation sites excluding steroid dienone is 1. The molecule has 1 heterocycles. The first kappa shape index (κ1) is 20.9. The van der Waals surface area contributed by atoms with E-state index in [1.807, 2.05) is 49.4 Å². The Morgan fingerprint density at radius 1 is 0.833 bits per heavy atom. The number of halogens is 2. The number of nitrogens with zero attached hydrogens (tertiary/aromatic N) is 2. The van der Waals surface area contributed by atoms with E-state index < -0.39 is 16.1 Å². The molecule has 0 aromatic heterocycles. The lowest BCUT2D eigenvalue weighted by Gasteiger charge is -2.32. The first-order valence-corrected chi connectivity index (χ1v) is 11.6. The Labute approximate surface area is 187 Å². The first-order valence-electron chi connectivity index (χ1n) is 9.36. The monoisotopic (exact) mass is 458 g/mol. The second-order valence-electron chi connectivity index (χ2n) is 7.08. The molecule has 0 fully saturated rings. The summed E-state index contributed by atoms with van der Waals surface area (Å²) < 4.78 is 28.9. The average molecular weight is 459 g/mol. The highest BCUT2D eigenvalue weighted by molar-refractivity contribution is 7.89. The molecule has 1 aliphatic rings. The Hall–Kier alpha value is -2.31. The van der Waals surface area contributed by atoms with Crippen LogP contribution in [0, 0.1) is 0 Å². The summed E-state index contributed by atoms with van der Waals surface area (Å²) in [5, 5.41) is 2.66. The van der Waals surface area contributed by atoms with E-state index in [9.17, 15) is 8.42 Å². The topological polar surface area (TPSA) is 40.6 Å². The molecule has 0 amide bonds. The fraction of sp³-hybridized carbons (Fsp3) is 0.130. The zero-order chi connectivity index (χ0) is 21.5. The van der Waals surface area contributed by atoms with Gasteiger partial charge in [-0.05, 0) is 48.4 Å². The van der Waals surface area contributed by atoms with E-state index >= 15 is 0 Å². The molecule has 4 nitrogen and oxygen atoms in total. The first-order chi connectivity index (χ1) is 14.3. The van der Waals surface area contributed by atoms with Crippen molar-refractivity contribution in [1.82, 2.24) is 9.42 Å². The number of rotatable bonds is 4. The molecule has 0 spiro atoms. The van der Waals surface area contributed by atoms with Crippen molar-refractivity contribution in [3.63, 3.8) is 0 Å². The van der Waals surface area contributed by atoms with Crippen LogP contribution >= 0.6 is 23.2 Å². The zero-order valence-electron chi connectivity index (χ0n) is 16.5. The molecular weight excluding hydrogens is 439 g/mol. The Bertz CT molecular complexity index is 1210. The minimum atomic E-state index is -3.89. The number of sulfonamides is 1. The molecule has 4 rings (SSSR count). The van der Waals surface area contributed by atoms with E-state index in [1.54, 1.807) is 42.4 Å². The molecular formula is C23H20Cl2N2O2S. The molecule has 0 aliphatic carbocycles. The standard InChI is InChI=1S/C23H20Cl2N2O2S/c1-16-22(17-7-4-3-5-8-17)23(18-11-13-19(24)14-12-18)27(26(16)2)30(28,29)21-10-6-9-20(25)15-21/h3-15,23H,1-2H3. The lowest BCUT2D eigenvalue weighted by molar-refractivity contribution is 0.137. The van der Waals surface area contributed by atoms with Gasteiger partial charge in [-0.25, -0.2) is 8.42 Å². The third-order valence-electron chi connectivity index (χ3n) is 5.28. The van der Waals surface area contributed by atoms with Gasteiger partial charge in [0.2, 0.25) is 0 Å². The van der Waals surface area contributed by atoms with Crippen molar-refractivity contribution in [2.24, 2.45) is 0 Å². The molecule has 0 bridgehead atoms. The minimum Gasteiger partial charge on any atom is -0.298 e. The van der Waals surface area contributed by atoms with Gasteiger partial charge >= 0.3 is 0 Å². The molecule has 1 unspecified atom stereocenters. The summed E-state index contributed by atoms with van der Waals surface area (Å²) in [5.74, 6) is 0. The second-order valence-corrected chi connectivity index (χ2v) is 9.75. The minimum absolute atomic E-state index is 0.142. The third kappa shape index (κ3) is 3.63. The zero-order valence-corrected chi connectivity index (χ0v) is 18.8. The van der Waals surface area contributed by atoms with Gasteiger partial charge in [-0.2, -0.15) is 0 Å². The fourth-order valence-corrected chi connectivity index (χ4v) is 5.84.